The summed E-state index contributed by atoms with van der Waals surface area (Å²) >= 11 is 0. The van der Waals surface area contributed by atoms with Gasteiger partial charge in [0.15, 0.2) is 0 Å². The van der Waals surface area contributed by atoms with Gasteiger partial charge in [0.25, 0.3) is 0 Å². The predicted octanol–water partition coefficient (Wildman–Crippen LogP) is 4.29. The van der Waals surface area contributed by atoms with E-state index in [1.807, 2.05) is 12.1 Å². The van der Waals surface area contributed by atoms with E-state index in [2.05, 4.69) is 43.4 Å². The number of benzene rings is 2. The molecule has 2 rings (SSSR count). The van der Waals surface area contributed by atoms with E-state index in [0.717, 1.165) is 12.1 Å². The first-order chi connectivity index (χ1) is 9.08. The Hall–Kier alpha value is -1.67. The molecule has 0 aliphatic rings. The Morgan fingerprint density at radius 1 is 1.05 bits per heavy atom. The Labute approximate surface area is 114 Å². The Morgan fingerprint density at radius 3 is 2.47 bits per heavy atom. The molecule has 0 fully saturated rings. The molecular weight excluding hydrogens is 237 g/mol. The summed E-state index contributed by atoms with van der Waals surface area (Å²) in [5, 5.41) is 3.48. The SMILES string of the molecule is Cc1cc(CN[C@@H](C)c2ccccc2C)ccc1F. The molecule has 0 radical (unpaired) electrons. The average Bonchev–Trinajstić information content (AvgIpc) is 2.40. The first-order valence-corrected chi connectivity index (χ1v) is 6.62. The van der Waals surface area contributed by atoms with Crippen molar-refractivity contribution in [3.63, 3.8) is 0 Å². The van der Waals surface area contributed by atoms with Crippen molar-refractivity contribution >= 4 is 0 Å². The highest BCUT2D eigenvalue weighted by Gasteiger charge is 2.07. The van der Waals surface area contributed by atoms with Crippen molar-refractivity contribution in [3.05, 3.63) is 70.5 Å². The van der Waals surface area contributed by atoms with Gasteiger partial charge in [-0.25, -0.2) is 4.39 Å². The fourth-order valence-corrected chi connectivity index (χ4v) is 2.27. The number of aryl methyl sites for hydroxylation is 2. The zero-order valence-corrected chi connectivity index (χ0v) is 11.7. The van der Waals surface area contributed by atoms with Crippen LogP contribution in [0.25, 0.3) is 0 Å². The van der Waals surface area contributed by atoms with Crippen LogP contribution in [0.1, 0.15) is 35.2 Å². The summed E-state index contributed by atoms with van der Waals surface area (Å²) in [5.74, 6) is -0.143. The van der Waals surface area contributed by atoms with E-state index in [1.165, 1.54) is 17.2 Å². The van der Waals surface area contributed by atoms with Crippen molar-refractivity contribution in [2.45, 2.75) is 33.4 Å². The smallest absolute Gasteiger partial charge is 0.126 e. The molecule has 0 bridgehead atoms. The minimum Gasteiger partial charge on any atom is -0.306 e. The molecule has 0 aromatic heterocycles. The third-order valence-electron chi connectivity index (χ3n) is 3.49. The highest BCUT2D eigenvalue weighted by atomic mass is 19.1. The van der Waals surface area contributed by atoms with E-state index in [4.69, 9.17) is 0 Å². The predicted molar refractivity (Wildman–Crippen MR) is 77.6 cm³/mol. The zero-order chi connectivity index (χ0) is 13.8. The molecule has 0 amide bonds. The van der Waals surface area contributed by atoms with Gasteiger partial charge in [-0.3, -0.25) is 0 Å². The van der Waals surface area contributed by atoms with Crippen molar-refractivity contribution in [3.8, 4) is 0 Å². The van der Waals surface area contributed by atoms with E-state index in [0.29, 0.717) is 5.56 Å². The first-order valence-electron chi connectivity index (χ1n) is 6.62. The van der Waals surface area contributed by atoms with Crippen LogP contribution in [-0.2, 0) is 6.54 Å². The molecule has 0 spiro atoms. The Kier molecular flexibility index (Phi) is 4.33. The highest BCUT2D eigenvalue weighted by molar-refractivity contribution is 5.29. The lowest BCUT2D eigenvalue weighted by atomic mass is 10.0. The average molecular weight is 257 g/mol. The van der Waals surface area contributed by atoms with Crippen molar-refractivity contribution in [1.82, 2.24) is 5.32 Å². The lowest BCUT2D eigenvalue weighted by molar-refractivity contribution is 0.569. The van der Waals surface area contributed by atoms with Crippen molar-refractivity contribution in [2.24, 2.45) is 0 Å². The largest absolute Gasteiger partial charge is 0.306 e. The standard InChI is InChI=1S/C17H20FN/c1-12-6-4-5-7-16(12)14(3)19-11-15-8-9-17(18)13(2)10-15/h4-10,14,19H,11H2,1-3H3/t14-/m0/s1. The molecule has 1 atom stereocenters. The fourth-order valence-electron chi connectivity index (χ4n) is 2.27. The number of hydrogen-bond donors (Lipinski definition) is 1. The Morgan fingerprint density at radius 2 is 1.79 bits per heavy atom. The van der Waals surface area contributed by atoms with Gasteiger partial charge in [0.1, 0.15) is 5.82 Å². The minimum atomic E-state index is -0.143. The van der Waals surface area contributed by atoms with Crippen LogP contribution in [0.4, 0.5) is 4.39 Å². The molecule has 0 aliphatic carbocycles. The molecule has 2 aromatic carbocycles. The normalized spacial score (nSPS) is 12.4. The highest BCUT2D eigenvalue weighted by Crippen LogP contribution is 2.17. The van der Waals surface area contributed by atoms with Gasteiger partial charge >= 0.3 is 0 Å². The number of nitrogens with one attached hydrogen (secondary N) is 1. The summed E-state index contributed by atoms with van der Waals surface area (Å²) in [6, 6.07) is 13.9. The van der Waals surface area contributed by atoms with Crippen LogP contribution in [0.3, 0.4) is 0 Å². The summed E-state index contributed by atoms with van der Waals surface area (Å²) in [6.45, 7) is 6.81. The van der Waals surface area contributed by atoms with Gasteiger partial charge in [-0.1, -0.05) is 36.4 Å². The lowest BCUT2D eigenvalue weighted by Gasteiger charge is -2.16. The van der Waals surface area contributed by atoms with Crippen LogP contribution in [0.15, 0.2) is 42.5 Å². The van der Waals surface area contributed by atoms with E-state index in [-0.39, 0.29) is 11.9 Å². The van der Waals surface area contributed by atoms with Gasteiger partial charge in [0.05, 0.1) is 0 Å². The molecule has 2 heteroatoms. The molecule has 1 nitrogen and oxygen atoms in total. The maximum atomic E-state index is 13.2. The molecule has 19 heavy (non-hydrogen) atoms. The second-order valence-electron chi connectivity index (χ2n) is 5.04. The Bertz CT molecular complexity index is 563. The van der Waals surface area contributed by atoms with Gasteiger partial charge in [-0.05, 0) is 49.1 Å². The molecule has 0 unspecified atom stereocenters. The molecular formula is C17H20FN. The second kappa shape index (κ2) is 5.98. The van der Waals surface area contributed by atoms with Crippen molar-refractivity contribution in [1.29, 1.82) is 0 Å². The van der Waals surface area contributed by atoms with E-state index in [1.54, 1.807) is 6.92 Å². The molecule has 0 heterocycles. The second-order valence-corrected chi connectivity index (χ2v) is 5.04. The van der Waals surface area contributed by atoms with Crippen LogP contribution < -0.4 is 5.32 Å². The van der Waals surface area contributed by atoms with E-state index in [9.17, 15) is 4.39 Å². The third kappa shape index (κ3) is 3.42. The zero-order valence-electron chi connectivity index (χ0n) is 11.7. The maximum absolute atomic E-state index is 13.2. The van der Waals surface area contributed by atoms with Crippen LogP contribution in [0.2, 0.25) is 0 Å². The minimum absolute atomic E-state index is 0.143. The van der Waals surface area contributed by atoms with Gasteiger partial charge in [-0.2, -0.15) is 0 Å². The van der Waals surface area contributed by atoms with Gasteiger partial charge in [0, 0.05) is 12.6 Å². The quantitative estimate of drug-likeness (QED) is 0.861. The number of halogens is 1. The van der Waals surface area contributed by atoms with Crippen LogP contribution in [-0.4, -0.2) is 0 Å². The van der Waals surface area contributed by atoms with Crippen molar-refractivity contribution in [2.75, 3.05) is 0 Å². The molecule has 2 aromatic rings. The lowest BCUT2D eigenvalue weighted by Crippen LogP contribution is -2.19. The maximum Gasteiger partial charge on any atom is 0.126 e. The number of hydrogen-bond acceptors (Lipinski definition) is 1. The summed E-state index contributed by atoms with van der Waals surface area (Å²) in [5.41, 5.74) is 4.40. The third-order valence-corrected chi connectivity index (χ3v) is 3.49. The molecule has 0 aliphatic heterocycles. The first kappa shape index (κ1) is 13.8. The number of rotatable bonds is 4. The van der Waals surface area contributed by atoms with Crippen LogP contribution >= 0.6 is 0 Å². The van der Waals surface area contributed by atoms with Crippen LogP contribution in [0, 0.1) is 19.7 Å². The summed E-state index contributed by atoms with van der Waals surface area (Å²) < 4.78 is 13.2. The van der Waals surface area contributed by atoms with Gasteiger partial charge in [0.2, 0.25) is 0 Å². The summed E-state index contributed by atoms with van der Waals surface area (Å²) in [6.07, 6.45) is 0. The van der Waals surface area contributed by atoms with Crippen molar-refractivity contribution < 1.29 is 4.39 Å². The molecule has 0 saturated heterocycles. The molecule has 0 saturated carbocycles. The van der Waals surface area contributed by atoms with E-state index < -0.39 is 0 Å². The van der Waals surface area contributed by atoms with Gasteiger partial charge in [-0.15, -0.1) is 0 Å². The van der Waals surface area contributed by atoms with Gasteiger partial charge < -0.3 is 5.32 Å². The summed E-state index contributed by atoms with van der Waals surface area (Å²) in [7, 11) is 0. The summed E-state index contributed by atoms with van der Waals surface area (Å²) in [4.78, 5) is 0. The monoisotopic (exact) mass is 257 g/mol. The molecule has 1 N–H and O–H groups in total. The van der Waals surface area contributed by atoms with E-state index >= 15 is 0 Å². The fraction of sp³-hybridized carbons (Fsp3) is 0.294. The Balaban J connectivity index is 2.02. The molecule has 100 valence electrons. The topological polar surface area (TPSA) is 12.0 Å². The van der Waals surface area contributed by atoms with Crippen LogP contribution in [0.5, 0.6) is 0 Å².